The van der Waals surface area contributed by atoms with E-state index < -0.39 is 0 Å². The molecule has 0 unspecified atom stereocenters. The first-order chi connectivity index (χ1) is 8.84. The lowest BCUT2D eigenvalue weighted by atomic mass is 9.89. The molecule has 0 aromatic rings. The van der Waals surface area contributed by atoms with E-state index in [0.29, 0.717) is 6.10 Å². The molecular weight excluding hydrogens is 222 g/mol. The van der Waals surface area contributed by atoms with Crippen molar-refractivity contribution in [3.63, 3.8) is 0 Å². The van der Waals surface area contributed by atoms with Crippen LogP contribution < -0.4 is 5.32 Å². The van der Waals surface area contributed by atoms with Crippen molar-refractivity contribution in [3.8, 4) is 0 Å². The Morgan fingerprint density at radius 1 is 0.944 bits per heavy atom. The van der Waals surface area contributed by atoms with Crippen LogP contribution in [0.1, 0.15) is 64.7 Å². The average Bonchev–Trinajstić information content (AvgIpc) is 2.42. The molecule has 2 heteroatoms. The molecule has 18 heavy (non-hydrogen) atoms. The van der Waals surface area contributed by atoms with Crippen molar-refractivity contribution in [1.29, 1.82) is 0 Å². The summed E-state index contributed by atoms with van der Waals surface area (Å²) in [6.45, 7) is 5.53. The molecule has 1 N–H and O–H groups in total. The first-order valence-electron chi connectivity index (χ1n) is 8.17. The highest BCUT2D eigenvalue weighted by Gasteiger charge is 2.18. The third kappa shape index (κ3) is 5.27. The monoisotopic (exact) mass is 253 g/mol. The normalized spacial score (nSPS) is 30.5. The fourth-order valence-corrected chi connectivity index (χ4v) is 3.39. The molecule has 106 valence electrons. The Balaban J connectivity index is 1.43. The molecule has 0 aromatic heterocycles. The molecule has 2 nitrogen and oxygen atoms in total. The minimum Gasteiger partial charge on any atom is -0.377 e. The molecule has 0 spiro atoms. The van der Waals surface area contributed by atoms with Gasteiger partial charge in [-0.15, -0.1) is 0 Å². The second-order valence-electron chi connectivity index (χ2n) is 6.46. The van der Waals surface area contributed by atoms with Crippen LogP contribution in [-0.4, -0.2) is 25.8 Å². The van der Waals surface area contributed by atoms with Crippen LogP contribution in [0.25, 0.3) is 0 Å². The van der Waals surface area contributed by atoms with Gasteiger partial charge in [0.05, 0.1) is 12.7 Å². The van der Waals surface area contributed by atoms with Crippen LogP contribution in [0.5, 0.6) is 0 Å². The molecule has 2 aliphatic rings. The summed E-state index contributed by atoms with van der Waals surface area (Å²) < 4.78 is 5.96. The number of rotatable bonds is 6. The average molecular weight is 253 g/mol. The Hall–Kier alpha value is -0.0800. The Kier molecular flexibility index (Phi) is 6.50. The summed E-state index contributed by atoms with van der Waals surface area (Å²) in [6, 6.07) is 0. The summed E-state index contributed by atoms with van der Waals surface area (Å²) in [5, 5.41) is 3.58. The minimum absolute atomic E-state index is 0.553. The van der Waals surface area contributed by atoms with Gasteiger partial charge in [0.2, 0.25) is 0 Å². The molecule has 0 saturated heterocycles. The lowest BCUT2D eigenvalue weighted by molar-refractivity contribution is 0.0213. The molecule has 0 radical (unpaired) electrons. The Morgan fingerprint density at radius 2 is 1.67 bits per heavy atom. The lowest BCUT2D eigenvalue weighted by Crippen LogP contribution is -2.29. The predicted molar refractivity (Wildman–Crippen MR) is 76.8 cm³/mol. The smallest absolute Gasteiger partial charge is 0.0594 e. The zero-order valence-electron chi connectivity index (χ0n) is 12.1. The molecule has 2 fully saturated rings. The molecule has 2 saturated carbocycles. The van der Waals surface area contributed by atoms with Crippen molar-refractivity contribution in [2.45, 2.75) is 70.8 Å². The van der Waals surface area contributed by atoms with Crippen LogP contribution in [0.15, 0.2) is 0 Å². The Labute approximate surface area is 113 Å². The Bertz CT molecular complexity index is 205. The van der Waals surface area contributed by atoms with Crippen molar-refractivity contribution in [2.24, 2.45) is 11.8 Å². The third-order valence-electron chi connectivity index (χ3n) is 4.75. The van der Waals surface area contributed by atoms with Gasteiger partial charge < -0.3 is 10.1 Å². The summed E-state index contributed by atoms with van der Waals surface area (Å²) in [5.74, 6) is 1.86. The van der Waals surface area contributed by atoms with Gasteiger partial charge in [0.15, 0.2) is 0 Å². The van der Waals surface area contributed by atoms with E-state index in [1.807, 2.05) is 0 Å². The topological polar surface area (TPSA) is 21.3 Å². The summed E-state index contributed by atoms with van der Waals surface area (Å²) in [6.07, 6.45) is 13.1. The van der Waals surface area contributed by atoms with Crippen LogP contribution in [0.2, 0.25) is 0 Å². The van der Waals surface area contributed by atoms with Crippen molar-refractivity contribution in [3.05, 3.63) is 0 Å². The van der Waals surface area contributed by atoms with Crippen LogP contribution in [0.4, 0.5) is 0 Å². The van der Waals surface area contributed by atoms with E-state index in [1.54, 1.807) is 0 Å². The van der Waals surface area contributed by atoms with Crippen LogP contribution in [0, 0.1) is 11.8 Å². The van der Waals surface area contributed by atoms with E-state index in [1.165, 1.54) is 64.3 Å². The van der Waals surface area contributed by atoms with Crippen LogP contribution in [0.3, 0.4) is 0 Å². The van der Waals surface area contributed by atoms with Gasteiger partial charge >= 0.3 is 0 Å². The number of hydrogen-bond donors (Lipinski definition) is 1. The zero-order valence-corrected chi connectivity index (χ0v) is 12.1. The van der Waals surface area contributed by atoms with E-state index in [2.05, 4.69) is 12.2 Å². The first kappa shape index (κ1) is 14.3. The maximum absolute atomic E-state index is 5.96. The molecule has 0 aliphatic heterocycles. The highest BCUT2D eigenvalue weighted by molar-refractivity contribution is 4.70. The maximum Gasteiger partial charge on any atom is 0.0594 e. The van der Waals surface area contributed by atoms with Crippen molar-refractivity contribution in [2.75, 3.05) is 19.7 Å². The van der Waals surface area contributed by atoms with Gasteiger partial charge in [0, 0.05) is 6.54 Å². The van der Waals surface area contributed by atoms with Crippen LogP contribution >= 0.6 is 0 Å². The van der Waals surface area contributed by atoms with Gasteiger partial charge in [-0.3, -0.25) is 0 Å². The van der Waals surface area contributed by atoms with Gasteiger partial charge in [-0.2, -0.15) is 0 Å². The van der Waals surface area contributed by atoms with Gasteiger partial charge in [-0.05, 0) is 56.9 Å². The van der Waals surface area contributed by atoms with Crippen molar-refractivity contribution in [1.82, 2.24) is 5.32 Å². The molecule has 0 bridgehead atoms. The van der Waals surface area contributed by atoms with E-state index >= 15 is 0 Å². The second kappa shape index (κ2) is 8.16. The van der Waals surface area contributed by atoms with E-state index in [-0.39, 0.29) is 0 Å². The molecule has 0 aromatic carbocycles. The van der Waals surface area contributed by atoms with E-state index in [4.69, 9.17) is 4.74 Å². The quantitative estimate of drug-likeness (QED) is 0.728. The fourth-order valence-electron chi connectivity index (χ4n) is 3.39. The number of ether oxygens (including phenoxy) is 1. The number of hydrogen-bond acceptors (Lipinski definition) is 2. The third-order valence-corrected chi connectivity index (χ3v) is 4.75. The summed E-state index contributed by atoms with van der Waals surface area (Å²) in [5.41, 5.74) is 0. The minimum atomic E-state index is 0.553. The highest BCUT2D eigenvalue weighted by atomic mass is 16.5. The zero-order chi connectivity index (χ0) is 12.6. The van der Waals surface area contributed by atoms with Gasteiger partial charge in [0.25, 0.3) is 0 Å². The summed E-state index contributed by atoms with van der Waals surface area (Å²) >= 11 is 0. The predicted octanol–water partition coefficient (Wildman–Crippen LogP) is 3.75. The van der Waals surface area contributed by atoms with Gasteiger partial charge in [-0.25, -0.2) is 0 Å². The van der Waals surface area contributed by atoms with Gasteiger partial charge in [0.1, 0.15) is 0 Å². The van der Waals surface area contributed by atoms with E-state index in [0.717, 1.165) is 25.0 Å². The fraction of sp³-hybridized carbons (Fsp3) is 1.00. The molecule has 0 atom stereocenters. The van der Waals surface area contributed by atoms with E-state index in [9.17, 15) is 0 Å². The summed E-state index contributed by atoms with van der Waals surface area (Å²) in [4.78, 5) is 0. The highest BCUT2D eigenvalue weighted by Crippen LogP contribution is 2.25. The number of nitrogens with one attached hydrogen (secondary N) is 1. The molecule has 2 aliphatic carbocycles. The van der Waals surface area contributed by atoms with Crippen molar-refractivity contribution < 1.29 is 4.74 Å². The standard InChI is InChI=1S/C16H31NO/c1-14-7-9-16(10-8-14)18-12-11-17-13-15-5-3-2-4-6-15/h14-17H,2-13H2,1H3. The molecule has 0 amide bonds. The Morgan fingerprint density at radius 3 is 2.39 bits per heavy atom. The SMILES string of the molecule is CC1CCC(OCCNCC2CCCCC2)CC1. The van der Waals surface area contributed by atoms with Crippen molar-refractivity contribution >= 4 is 0 Å². The summed E-state index contributed by atoms with van der Waals surface area (Å²) in [7, 11) is 0. The molecular formula is C16H31NO. The lowest BCUT2D eigenvalue weighted by Gasteiger charge is -2.26. The molecule has 2 rings (SSSR count). The molecule has 0 heterocycles. The van der Waals surface area contributed by atoms with Crippen LogP contribution in [-0.2, 0) is 4.74 Å². The second-order valence-corrected chi connectivity index (χ2v) is 6.46. The first-order valence-corrected chi connectivity index (χ1v) is 8.17. The maximum atomic E-state index is 5.96. The largest absolute Gasteiger partial charge is 0.377 e. The van der Waals surface area contributed by atoms with Gasteiger partial charge in [-0.1, -0.05) is 26.2 Å².